The van der Waals surface area contributed by atoms with Gasteiger partial charge in [-0.1, -0.05) is 65.9 Å². The van der Waals surface area contributed by atoms with Crippen molar-refractivity contribution in [1.29, 1.82) is 0 Å². The van der Waals surface area contributed by atoms with Crippen LogP contribution in [0.5, 0.6) is 0 Å². The zero-order chi connectivity index (χ0) is 41.0. The van der Waals surface area contributed by atoms with Crippen molar-refractivity contribution >= 4 is 71.7 Å². The van der Waals surface area contributed by atoms with Crippen LogP contribution in [0.3, 0.4) is 0 Å². The van der Waals surface area contributed by atoms with E-state index < -0.39 is 46.1 Å². The molecule has 2 heterocycles. The summed E-state index contributed by atoms with van der Waals surface area (Å²) in [5.41, 5.74) is 1.47. The van der Waals surface area contributed by atoms with Crippen molar-refractivity contribution in [2.75, 3.05) is 15.9 Å². The Kier molecular flexibility index (Phi) is 11.6. The van der Waals surface area contributed by atoms with Crippen LogP contribution in [0.4, 0.5) is 29.2 Å². The fourth-order valence-corrected chi connectivity index (χ4v) is 7.18. The minimum absolute atomic E-state index is 0.00939. The van der Waals surface area contributed by atoms with Gasteiger partial charge in [0.2, 0.25) is 11.9 Å². The summed E-state index contributed by atoms with van der Waals surface area (Å²) >= 11 is 0. The van der Waals surface area contributed by atoms with Crippen LogP contribution in [-0.2, 0) is 43.2 Å². The lowest BCUT2D eigenvalue weighted by atomic mass is 10.1. The topological polar surface area (TPSA) is 308 Å². The zero-order valence-electron chi connectivity index (χ0n) is 28.8. The van der Waals surface area contributed by atoms with Crippen LogP contribution in [0.15, 0.2) is 112 Å². The number of hydrogen-bond donors (Lipinski definition) is 7. The molecular weight excluding hydrogens is 807 g/mol. The lowest BCUT2D eigenvalue weighted by molar-refractivity contribution is 0.0238. The quantitative estimate of drug-likeness (QED) is 0.0459. The van der Waals surface area contributed by atoms with Crippen LogP contribution in [0.1, 0.15) is 33.9 Å². The molecule has 0 unspecified atom stereocenters. The fraction of sp³-hybridized carbons (Fsp3) is 0.0588. The molecule has 6 rings (SSSR count). The van der Waals surface area contributed by atoms with Crippen LogP contribution in [0.25, 0.3) is 12.2 Å². The molecule has 20 nitrogen and oxygen atoms in total. The normalized spacial score (nSPS) is 12.1. The Bertz CT molecular complexity index is 2810. The fourth-order valence-electron chi connectivity index (χ4n) is 5.25. The smallest absolute Gasteiger partial charge is 0.295 e. The standard InChI is InChI=1S/C34H29N9O11S3/c44-43(45)34-40-30(17-21-4-2-1-3-5-21)39-31(41-34)18-22-6-7-23(28(16-22)56(49,50)51)8-9-24-10-11-26(19-29(24)57(52,53)54)38-33-36-20-35-32(42-33)37-25-12-14-27(15-13-25)55(46,47)48/h1-16,19-20,44-45H,17-18H2,(H,46,47,48)(H,49,50,51)(H,52,53,54)(H2,35,36,37,38,42)/b9-8+. The number of anilines is 5. The van der Waals surface area contributed by atoms with Crippen molar-refractivity contribution in [3.63, 3.8) is 0 Å². The van der Waals surface area contributed by atoms with Gasteiger partial charge in [0.1, 0.15) is 27.8 Å². The predicted octanol–water partition coefficient (Wildman–Crippen LogP) is 4.22. The number of benzene rings is 4. The van der Waals surface area contributed by atoms with E-state index in [4.69, 9.17) is 4.55 Å². The lowest BCUT2D eigenvalue weighted by Crippen LogP contribution is -2.18. The summed E-state index contributed by atoms with van der Waals surface area (Å²) in [5, 5.41) is 24.5. The maximum absolute atomic E-state index is 12.5. The van der Waals surface area contributed by atoms with Crippen molar-refractivity contribution in [3.8, 4) is 0 Å². The minimum Gasteiger partial charge on any atom is -0.324 e. The van der Waals surface area contributed by atoms with E-state index in [0.717, 1.165) is 36.2 Å². The van der Waals surface area contributed by atoms with Gasteiger partial charge >= 0.3 is 0 Å². The Morgan fingerprint density at radius 3 is 1.65 bits per heavy atom. The predicted molar refractivity (Wildman–Crippen MR) is 202 cm³/mol. The van der Waals surface area contributed by atoms with Crippen molar-refractivity contribution in [1.82, 2.24) is 29.9 Å². The Hall–Kier alpha value is -6.31. The highest BCUT2D eigenvalue weighted by molar-refractivity contribution is 7.86. The van der Waals surface area contributed by atoms with Gasteiger partial charge in [0.05, 0.1) is 4.90 Å². The molecule has 294 valence electrons. The van der Waals surface area contributed by atoms with Gasteiger partial charge < -0.3 is 10.6 Å². The summed E-state index contributed by atoms with van der Waals surface area (Å²) in [5.74, 6) is -0.284. The van der Waals surface area contributed by atoms with Crippen molar-refractivity contribution in [2.24, 2.45) is 0 Å². The molecule has 0 spiro atoms. The molecule has 0 radical (unpaired) electrons. The molecule has 57 heavy (non-hydrogen) atoms. The lowest BCUT2D eigenvalue weighted by Gasteiger charge is -2.11. The van der Waals surface area contributed by atoms with Crippen LogP contribution in [0.2, 0.25) is 0 Å². The summed E-state index contributed by atoms with van der Waals surface area (Å²) in [6, 6.07) is 21.9. The van der Waals surface area contributed by atoms with Crippen LogP contribution in [0, 0.1) is 0 Å². The number of rotatable bonds is 14. The molecule has 0 aliphatic rings. The van der Waals surface area contributed by atoms with Gasteiger partial charge in [0.25, 0.3) is 36.3 Å². The van der Waals surface area contributed by atoms with E-state index in [0.29, 0.717) is 11.3 Å². The van der Waals surface area contributed by atoms with E-state index in [-0.39, 0.29) is 63.3 Å². The Morgan fingerprint density at radius 1 is 0.561 bits per heavy atom. The summed E-state index contributed by atoms with van der Waals surface area (Å²) < 4.78 is 102. The van der Waals surface area contributed by atoms with Gasteiger partial charge in [0, 0.05) is 24.2 Å². The van der Waals surface area contributed by atoms with Gasteiger partial charge in [-0.25, -0.2) is 15.0 Å². The van der Waals surface area contributed by atoms with E-state index in [1.54, 1.807) is 0 Å². The molecular formula is C34H29N9O11S3. The molecule has 0 saturated carbocycles. The second kappa shape index (κ2) is 16.4. The van der Waals surface area contributed by atoms with E-state index in [1.807, 2.05) is 30.3 Å². The molecule has 0 aliphatic carbocycles. The molecule has 23 heteroatoms. The first-order valence-electron chi connectivity index (χ1n) is 16.1. The van der Waals surface area contributed by atoms with E-state index in [2.05, 4.69) is 40.5 Å². The van der Waals surface area contributed by atoms with Crippen molar-refractivity contribution in [2.45, 2.75) is 27.5 Å². The van der Waals surface area contributed by atoms with Crippen molar-refractivity contribution < 1.29 is 49.3 Å². The summed E-state index contributed by atoms with van der Waals surface area (Å²) in [6.45, 7) is 0. The van der Waals surface area contributed by atoms with E-state index in [1.165, 1.54) is 48.6 Å². The largest absolute Gasteiger partial charge is 0.324 e. The van der Waals surface area contributed by atoms with Crippen LogP contribution in [-0.4, -0.2) is 79.2 Å². The monoisotopic (exact) mass is 835 g/mol. The summed E-state index contributed by atoms with van der Waals surface area (Å²) in [4.78, 5) is 23.1. The second-order valence-electron chi connectivity index (χ2n) is 11.9. The Balaban J connectivity index is 1.23. The van der Waals surface area contributed by atoms with Gasteiger partial charge in [-0.05, 0) is 64.7 Å². The molecule has 0 fully saturated rings. The first-order chi connectivity index (χ1) is 26.9. The Labute approximate surface area is 324 Å². The number of aromatic nitrogens is 6. The second-order valence-corrected chi connectivity index (χ2v) is 16.1. The molecule has 6 aromatic rings. The summed E-state index contributed by atoms with van der Waals surface area (Å²) in [6.07, 6.45) is 3.65. The SMILES string of the molecule is O=S(=O)(O)c1ccc(Nc2ncnc(Nc3ccc(/C=C/c4ccc(Cc5nc(Cc6ccccc6)nc(N(O)O)n5)cc4S(=O)(=O)O)c(S(=O)(=O)O)c3)n2)cc1. The molecule has 0 amide bonds. The molecule has 0 saturated heterocycles. The summed E-state index contributed by atoms with van der Waals surface area (Å²) in [7, 11) is -14.1. The first-order valence-corrected chi connectivity index (χ1v) is 20.4. The molecule has 0 bridgehead atoms. The maximum Gasteiger partial charge on any atom is 0.295 e. The number of nitrogens with one attached hydrogen (secondary N) is 2. The van der Waals surface area contributed by atoms with Gasteiger partial charge in [-0.3, -0.25) is 24.1 Å². The highest BCUT2D eigenvalue weighted by Crippen LogP contribution is 2.27. The van der Waals surface area contributed by atoms with Gasteiger partial charge in [0.15, 0.2) is 0 Å². The highest BCUT2D eigenvalue weighted by Gasteiger charge is 2.19. The third-order valence-corrected chi connectivity index (χ3v) is 10.5. The molecule has 7 N–H and O–H groups in total. The third kappa shape index (κ3) is 10.7. The average molecular weight is 836 g/mol. The third-order valence-electron chi connectivity index (χ3n) is 7.79. The maximum atomic E-state index is 12.5. The van der Waals surface area contributed by atoms with E-state index in [9.17, 15) is 44.8 Å². The number of hydrogen-bond acceptors (Lipinski definition) is 17. The average Bonchev–Trinajstić information content (AvgIpc) is 3.14. The number of nitrogens with zero attached hydrogens (tertiary/aromatic N) is 7. The minimum atomic E-state index is -4.87. The Morgan fingerprint density at radius 2 is 1.09 bits per heavy atom. The van der Waals surface area contributed by atoms with Crippen molar-refractivity contribution in [3.05, 3.63) is 131 Å². The van der Waals surface area contributed by atoms with Crippen LogP contribution >= 0.6 is 0 Å². The zero-order valence-corrected chi connectivity index (χ0v) is 31.3. The van der Waals surface area contributed by atoms with E-state index >= 15 is 0 Å². The molecule has 4 aromatic carbocycles. The molecule has 0 atom stereocenters. The first kappa shape index (κ1) is 40.4. The highest BCUT2D eigenvalue weighted by atomic mass is 32.2. The van der Waals surface area contributed by atoms with Gasteiger partial charge in [-0.15, -0.1) is 0 Å². The van der Waals surface area contributed by atoms with Gasteiger partial charge in [-0.2, -0.15) is 40.2 Å². The van der Waals surface area contributed by atoms with Crippen LogP contribution < -0.4 is 15.9 Å². The molecule has 2 aromatic heterocycles. The molecule has 0 aliphatic heterocycles.